The molecule has 0 bridgehead atoms. The minimum Gasteiger partial charge on any atom is -0.394 e. The molecule has 0 heterocycles. The number of nitrogens with one attached hydrogen (secondary N) is 1. The van der Waals surface area contributed by atoms with Crippen LogP contribution in [0.2, 0.25) is 0 Å². The van der Waals surface area contributed by atoms with Crippen LogP contribution in [-0.4, -0.2) is 40.3 Å². The lowest BCUT2D eigenvalue weighted by molar-refractivity contribution is -0.385. The van der Waals surface area contributed by atoms with Gasteiger partial charge in [-0.15, -0.1) is 0 Å². The van der Waals surface area contributed by atoms with Gasteiger partial charge >= 0.3 is 0 Å². The van der Waals surface area contributed by atoms with Gasteiger partial charge in [0.15, 0.2) is 0 Å². The highest BCUT2D eigenvalue weighted by molar-refractivity contribution is 5.98. The van der Waals surface area contributed by atoms with Gasteiger partial charge in [0, 0.05) is 6.54 Å². The first kappa shape index (κ1) is 14.0. The molecular weight excluding hydrogens is 247 g/mol. The van der Waals surface area contributed by atoms with Crippen LogP contribution in [0.1, 0.15) is 10.4 Å². The first-order valence-corrected chi connectivity index (χ1v) is 4.96. The summed E-state index contributed by atoms with van der Waals surface area (Å²) >= 11 is 0. The highest BCUT2D eigenvalue weighted by Gasteiger charge is 2.21. The van der Waals surface area contributed by atoms with Gasteiger partial charge in [0.25, 0.3) is 11.6 Å². The molecule has 0 saturated carbocycles. The Morgan fingerprint density at radius 1 is 1.56 bits per heavy atom. The van der Waals surface area contributed by atoms with Gasteiger partial charge in [0.1, 0.15) is 11.4 Å². The van der Waals surface area contributed by atoms with E-state index in [1.165, 1.54) is 0 Å². The molecule has 0 fully saturated rings. The smallest absolute Gasteiger partial charge is 0.285 e. The summed E-state index contributed by atoms with van der Waals surface area (Å²) in [6.45, 7) is -0.810. The average molecular weight is 258 g/mol. The van der Waals surface area contributed by atoms with Gasteiger partial charge < -0.3 is 15.5 Å². The SMILES string of the molecule is O=C(NCC(O)CO)c1ccc(F)cc1[N+](=O)[O-]. The second-order valence-electron chi connectivity index (χ2n) is 3.47. The molecule has 1 amide bonds. The van der Waals surface area contributed by atoms with Gasteiger partial charge in [-0.2, -0.15) is 0 Å². The molecule has 1 aromatic carbocycles. The molecule has 1 aromatic rings. The Morgan fingerprint density at radius 2 is 2.22 bits per heavy atom. The normalized spacial score (nSPS) is 11.9. The minimum absolute atomic E-state index is 0.260. The standard InChI is InChI=1S/C10H11FN2O5/c11-6-1-2-8(9(3-6)13(17)18)10(16)12-4-7(15)5-14/h1-3,7,14-15H,4-5H2,(H,12,16). The van der Waals surface area contributed by atoms with E-state index in [4.69, 9.17) is 10.2 Å². The number of carbonyl (C=O) groups excluding carboxylic acids is 1. The van der Waals surface area contributed by atoms with Gasteiger partial charge in [-0.1, -0.05) is 0 Å². The van der Waals surface area contributed by atoms with Crippen molar-refractivity contribution < 1.29 is 24.3 Å². The quantitative estimate of drug-likeness (QED) is 0.500. The number of amides is 1. The molecule has 98 valence electrons. The Kier molecular flexibility index (Phi) is 4.69. The maximum atomic E-state index is 12.8. The number of carbonyl (C=O) groups is 1. The molecule has 3 N–H and O–H groups in total. The van der Waals surface area contributed by atoms with Crippen molar-refractivity contribution in [2.75, 3.05) is 13.2 Å². The van der Waals surface area contributed by atoms with Crippen molar-refractivity contribution in [2.45, 2.75) is 6.10 Å². The summed E-state index contributed by atoms with van der Waals surface area (Å²) in [5.74, 6) is -1.65. The van der Waals surface area contributed by atoms with E-state index in [0.29, 0.717) is 6.07 Å². The van der Waals surface area contributed by atoms with Crippen molar-refractivity contribution >= 4 is 11.6 Å². The van der Waals surface area contributed by atoms with E-state index < -0.39 is 35.0 Å². The van der Waals surface area contributed by atoms with Gasteiger partial charge in [-0.3, -0.25) is 14.9 Å². The Balaban J connectivity index is 2.88. The van der Waals surface area contributed by atoms with E-state index in [9.17, 15) is 19.3 Å². The number of nitro benzene ring substituents is 1. The van der Waals surface area contributed by atoms with E-state index in [2.05, 4.69) is 5.32 Å². The number of nitro groups is 1. The summed E-state index contributed by atoms with van der Waals surface area (Å²) in [5, 5.41) is 30.4. The van der Waals surface area contributed by atoms with Crippen molar-refractivity contribution in [3.8, 4) is 0 Å². The molecule has 18 heavy (non-hydrogen) atoms. The van der Waals surface area contributed by atoms with Crippen molar-refractivity contribution in [3.63, 3.8) is 0 Å². The fourth-order valence-electron chi connectivity index (χ4n) is 1.22. The zero-order valence-electron chi connectivity index (χ0n) is 9.17. The van der Waals surface area contributed by atoms with E-state index in [0.717, 1.165) is 12.1 Å². The lowest BCUT2D eigenvalue weighted by Crippen LogP contribution is -2.34. The second-order valence-corrected chi connectivity index (χ2v) is 3.47. The number of hydrogen-bond donors (Lipinski definition) is 3. The third-order valence-corrected chi connectivity index (χ3v) is 2.11. The molecule has 0 aliphatic carbocycles. The first-order chi connectivity index (χ1) is 8.45. The van der Waals surface area contributed by atoms with E-state index in [1.54, 1.807) is 0 Å². The summed E-state index contributed by atoms with van der Waals surface area (Å²) in [5.41, 5.74) is -0.975. The van der Waals surface area contributed by atoms with Crippen LogP contribution < -0.4 is 5.32 Å². The van der Waals surface area contributed by atoms with Crippen LogP contribution in [0.3, 0.4) is 0 Å². The topological polar surface area (TPSA) is 113 Å². The average Bonchev–Trinajstić information content (AvgIpc) is 2.35. The number of aliphatic hydroxyl groups is 2. The van der Waals surface area contributed by atoms with Crippen molar-refractivity contribution in [2.24, 2.45) is 0 Å². The summed E-state index contributed by atoms with van der Waals surface area (Å²) in [6, 6.07) is 2.54. The van der Waals surface area contributed by atoms with Crippen LogP contribution in [-0.2, 0) is 0 Å². The first-order valence-electron chi connectivity index (χ1n) is 4.96. The number of benzene rings is 1. The molecule has 1 atom stereocenters. The largest absolute Gasteiger partial charge is 0.394 e. The number of rotatable bonds is 5. The van der Waals surface area contributed by atoms with Gasteiger partial charge in [0.05, 0.1) is 23.7 Å². The Morgan fingerprint density at radius 3 is 2.78 bits per heavy atom. The van der Waals surface area contributed by atoms with E-state index in [-0.39, 0.29) is 12.1 Å². The Bertz CT molecular complexity index is 466. The molecule has 0 saturated heterocycles. The van der Waals surface area contributed by atoms with Crippen LogP contribution in [0.25, 0.3) is 0 Å². The molecule has 0 aliphatic heterocycles. The molecule has 0 aromatic heterocycles. The fourth-order valence-corrected chi connectivity index (χ4v) is 1.22. The van der Waals surface area contributed by atoms with Crippen molar-refractivity contribution in [3.05, 3.63) is 39.7 Å². The summed E-state index contributed by atoms with van der Waals surface area (Å²) in [7, 11) is 0. The van der Waals surface area contributed by atoms with Gasteiger partial charge in [-0.25, -0.2) is 4.39 Å². The highest BCUT2D eigenvalue weighted by atomic mass is 19.1. The molecular formula is C10H11FN2O5. The predicted octanol–water partition coefficient (Wildman–Crippen LogP) is -0.183. The number of hydrogen-bond acceptors (Lipinski definition) is 5. The van der Waals surface area contributed by atoms with E-state index in [1.807, 2.05) is 0 Å². The van der Waals surface area contributed by atoms with E-state index >= 15 is 0 Å². The molecule has 1 rings (SSSR count). The molecule has 0 radical (unpaired) electrons. The summed E-state index contributed by atoms with van der Waals surface area (Å²) < 4.78 is 12.8. The van der Waals surface area contributed by atoms with Crippen LogP contribution in [0.15, 0.2) is 18.2 Å². The number of nitrogens with zero attached hydrogens (tertiary/aromatic N) is 1. The maximum Gasteiger partial charge on any atom is 0.285 e. The third-order valence-electron chi connectivity index (χ3n) is 2.11. The molecule has 0 aliphatic rings. The number of halogens is 1. The Labute approximate surface area is 101 Å². The summed E-state index contributed by atoms with van der Waals surface area (Å²) in [4.78, 5) is 21.3. The van der Waals surface area contributed by atoms with Crippen LogP contribution in [0.4, 0.5) is 10.1 Å². The second kappa shape index (κ2) is 6.03. The Hall–Kier alpha value is -2.06. The third kappa shape index (κ3) is 3.47. The molecule has 8 heteroatoms. The van der Waals surface area contributed by atoms with Gasteiger partial charge in [0.2, 0.25) is 0 Å². The highest BCUT2D eigenvalue weighted by Crippen LogP contribution is 2.19. The zero-order chi connectivity index (χ0) is 13.7. The molecule has 7 nitrogen and oxygen atoms in total. The number of aliphatic hydroxyl groups excluding tert-OH is 2. The summed E-state index contributed by atoms with van der Waals surface area (Å²) in [6.07, 6.45) is -1.16. The molecule has 0 spiro atoms. The van der Waals surface area contributed by atoms with Gasteiger partial charge in [-0.05, 0) is 12.1 Å². The van der Waals surface area contributed by atoms with Crippen molar-refractivity contribution in [1.29, 1.82) is 0 Å². The predicted molar refractivity (Wildman–Crippen MR) is 58.5 cm³/mol. The molecule has 1 unspecified atom stereocenters. The lowest BCUT2D eigenvalue weighted by atomic mass is 10.1. The van der Waals surface area contributed by atoms with Crippen LogP contribution in [0, 0.1) is 15.9 Å². The maximum absolute atomic E-state index is 12.8. The minimum atomic E-state index is -1.16. The monoisotopic (exact) mass is 258 g/mol. The lowest BCUT2D eigenvalue weighted by Gasteiger charge is -2.09. The fraction of sp³-hybridized carbons (Fsp3) is 0.300. The zero-order valence-corrected chi connectivity index (χ0v) is 9.17. The van der Waals surface area contributed by atoms with Crippen LogP contribution >= 0.6 is 0 Å². The van der Waals surface area contributed by atoms with Crippen molar-refractivity contribution in [1.82, 2.24) is 5.32 Å². The van der Waals surface area contributed by atoms with Crippen LogP contribution in [0.5, 0.6) is 0 Å².